The fourth-order valence-electron chi connectivity index (χ4n) is 2.73. The molecule has 3 N–H and O–H groups in total. The highest BCUT2D eigenvalue weighted by Gasteiger charge is 2.18. The molecule has 5 heteroatoms. The summed E-state index contributed by atoms with van der Waals surface area (Å²) in [7, 11) is 0. The molecule has 0 heterocycles. The lowest BCUT2D eigenvalue weighted by molar-refractivity contribution is -0.145. The zero-order valence-corrected chi connectivity index (χ0v) is 16.6. The van der Waals surface area contributed by atoms with E-state index in [0.29, 0.717) is 12.5 Å². The highest BCUT2D eigenvalue weighted by atomic mass is 16.6. The number of hydrogen-bond acceptors (Lipinski definition) is 4. The van der Waals surface area contributed by atoms with Crippen LogP contribution in [0.25, 0.3) is 0 Å². The molecule has 3 atom stereocenters. The van der Waals surface area contributed by atoms with E-state index in [0.717, 1.165) is 51.0 Å². The summed E-state index contributed by atoms with van der Waals surface area (Å²) < 4.78 is 5.22. The van der Waals surface area contributed by atoms with Gasteiger partial charge in [-0.25, -0.2) is 4.79 Å². The molecule has 0 aromatic carbocycles. The Balaban J connectivity index is 4.23. The van der Waals surface area contributed by atoms with Gasteiger partial charge in [0.1, 0.15) is 0 Å². The summed E-state index contributed by atoms with van der Waals surface area (Å²) in [5.41, 5.74) is 5.96. The summed E-state index contributed by atoms with van der Waals surface area (Å²) in [4.78, 5) is 23.6. The summed E-state index contributed by atoms with van der Waals surface area (Å²) in [5, 5.41) is 2.85. The Morgan fingerprint density at radius 1 is 1.00 bits per heavy atom. The van der Waals surface area contributed by atoms with Crippen molar-refractivity contribution < 1.29 is 14.3 Å². The monoisotopic (exact) mass is 354 g/mol. The van der Waals surface area contributed by atoms with E-state index in [1.807, 2.05) is 6.92 Å². The number of hydrogen-bond donors (Lipinski definition) is 2. The molecule has 0 bridgehead atoms. The molecule has 146 valence electrons. The van der Waals surface area contributed by atoms with Crippen molar-refractivity contribution in [1.82, 2.24) is 5.32 Å². The normalized spacial score (nSPS) is 14.9. The molecule has 1 amide bonds. The van der Waals surface area contributed by atoms with Crippen LogP contribution in [0.3, 0.4) is 0 Å². The number of amides is 1. The predicted molar refractivity (Wildman–Crippen MR) is 103 cm³/mol. The standard InChI is InChI=1S/C20H38N2O3/c1-5-9-11-16(7-3)15-22-18(23)13-14-19(24)25-20(21)17(8-4)12-10-6-2/h13-14,16-17,20H,5-12,15,21H2,1-4H3,(H,22,23)/b14-13-. The number of rotatable bonds is 14. The van der Waals surface area contributed by atoms with Crippen LogP contribution in [0.2, 0.25) is 0 Å². The number of esters is 1. The van der Waals surface area contributed by atoms with E-state index < -0.39 is 12.2 Å². The smallest absolute Gasteiger partial charge is 0.332 e. The van der Waals surface area contributed by atoms with Gasteiger partial charge in [-0.1, -0.05) is 59.8 Å². The molecule has 0 aliphatic rings. The van der Waals surface area contributed by atoms with E-state index >= 15 is 0 Å². The van der Waals surface area contributed by atoms with Gasteiger partial charge in [-0.15, -0.1) is 0 Å². The molecule has 0 aliphatic heterocycles. The van der Waals surface area contributed by atoms with Gasteiger partial charge in [-0.3, -0.25) is 10.5 Å². The SMILES string of the molecule is CCCCC(CC)CNC(=O)/C=C\C(=O)OC(N)C(CC)CCCC. The number of ether oxygens (including phenoxy) is 1. The Morgan fingerprint density at radius 3 is 2.20 bits per heavy atom. The van der Waals surface area contributed by atoms with Crippen molar-refractivity contribution in [2.75, 3.05) is 6.54 Å². The zero-order chi connectivity index (χ0) is 19.1. The Labute approximate surface area is 153 Å². The van der Waals surface area contributed by atoms with Gasteiger partial charge in [0.15, 0.2) is 6.23 Å². The molecule has 0 aliphatic carbocycles. The lowest BCUT2D eigenvalue weighted by Gasteiger charge is -2.21. The topological polar surface area (TPSA) is 81.4 Å². The minimum absolute atomic E-state index is 0.162. The van der Waals surface area contributed by atoms with Crippen molar-refractivity contribution >= 4 is 11.9 Å². The molecule has 0 rings (SSSR count). The van der Waals surface area contributed by atoms with Crippen molar-refractivity contribution in [2.45, 2.75) is 85.3 Å². The molecule has 0 aromatic heterocycles. The lowest BCUT2D eigenvalue weighted by atomic mass is 9.98. The highest BCUT2D eigenvalue weighted by Crippen LogP contribution is 2.16. The largest absolute Gasteiger partial charge is 0.443 e. The molecular weight excluding hydrogens is 316 g/mol. The predicted octanol–water partition coefficient (Wildman–Crippen LogP) is 3.92. The second-order valence-electron chi connectivity index (χ2n) is 6.71. The van der Waals surface area contributed by atoms with E-state index in [4.69, 9.17) is 10.5 Å². The maximum atomic E-state index is 11.8. The Hall–Kier alpha value is -1.36. The van der Waals surface area contributed by atoms with Gasteiger partial charge in [0.05, 0.1) is 0 Å². The van der Waals surface area contributed by atoms with Crippen LogP contribution >= 0.6 is 0 Å². The second-order valence-corrected chi connectivity index (χ2v) is 6.71. The van der Waals surface area contributed by atoms with Gasteiger partial charge in [0, 0.05) is 24.6 Å². The van der Waals surface area contributed by atoms with Crippen LogP contribution in [0.15, 0.2) is 12.2 Å². The maximum Gasteiger partial charge on any atom is 0.332 e. The van der Waals surface area contributed by atoms with Crippen LogP contribution in [0.1, 0.15) is 79.1 Å². The first-order valence-electron chi connectivity index (χ1n) is 9.90. The molecule has 3 unspecified atom stereocenters. The minimum Gasteiger partial charge on any atom is -0.443 e. The number of carbonyl (C=O) groups excluding carboxylic acids is 2. The molecule has 5 nitrogen and oxygen atoms in total. The molecule has 0 radical (unpaired) electrons. The third-order valence-electron chi connectivity index (χ3n) is 4.65. The van der Waals surface area contributed by atoms with Gasteiger partial charge < -0.3 is 10.1 Å². The van der Waals surface area contributed by atoms with Crippen LogP contribution in [0, 0.1) is 11.8 Å². The van der Waals surface area contributed by atoms with E-state index in [2.05, 4.69) is 26.1 Å². The van der Waals surface area contributed by atoms with Gasteiger partial charge in [0.2, 0.25) is 5.91 Å². The first-order valence-corrected chi connectivity index (χ1v) is 9.90. The van der Waals surface area contributed by atoms with Gasteiger partial charge in [0.25, 0.3) is 0 Å². The second kappa shape index (κ2) is 14.9. The van der Waals surface area contributed by atoms with Crippen LogP contribution in [0.5, 0.6) is 0 Å². The van der Waals surface area contributed by atoms with Crippen LogP contribution in [0.4, 0.5) is 0 Å². The maximum absolute atomic E-state index is 11.8. The number of nitrogens with one attached hydrogen (secondary N) is 1. The highest BCUT2D eigenvalue weighted by molar-refractivity contribution is 5.94. The number of carbonyl (C=O) groups is 2. The lowest BCUT2D eigenvalue weighted by Crippen LogP contribution is -2.34. The first-order chi connectivity index (χ1) is 12.0. The Morgan fingerprint density at radius 2 is 1.64 bits per heavy atom. The summed E-state index contributed by atoms with van der Waals surface area (Å²) in [6, 6.07) is 0. The Kier molecular flexibility index (Phi) is 14.1. The van der Waals surface area contributed by atoms with Crippen molar-refractivity contribution in [2.24, 2.45) is 17.6 Å². The van der Waals surface area contributed by atoms with Crippen LogP contribution in [-0.4, -0.2) is 24.6 Å². The van der Waals surface area contributed by atoms with Gasteiger partial charge in [-0.2, -0.15) is 0 Å². The van der Waals surface area contributed by atoms with Crippen molar-refractivity contribution in [3.8, 4) is 0 Å². The molecule has 0 spiro atoms. The van der Waals surface area contributed by atoms with Crippen molar-refractivity contribution in [3.05, 3.63) is 12.2 Å². The van der Waals surface area contributed by atoms with E-state index in [1.165, 1.54) is 12.5 Å². The van der Waals surface area contributed by atoms with Gasteiger partial charge >= 0.3 is 5.97 Å². The fourth-order valence-corrected chi connectivity index (χ4v) is 2.73. The van der Waals surface area contributed by atoms with Crippen molar-refractivity contribution in [3.63, 3.8) is 0 Å². The fraction of sp³-hybridized carbons (Fsp3) is 0.800. The van der Waals surface area contributed by atoms with Gasteiger partial charge in [-0.05, 0) is 25.2 Å². The van der Waals surface area contributed by atoms with E-state index in [-0.39, 0.29) is 11.8 Å². The summed E-state index contributed by atoms with van der Waals surface area (Å²) in [5.74, 6) is -0.175. The minimum atomic E-state index is -0.615. The third kappa shape index (κ3) is 11.8. The third-order valence-corrected chi connectivity index (χ3v) is 4.65. The van der Waals surface area contributed by atoms with E-state index in [9.17, 15) is 9.59 Å². The molecular formula is C20H38N2O3. The quantitative estimate of drug-likeness (QED) is 0.281. The summed E-state index contributed by atoms with van der Waals surface area (Å²) >= 11 is 0. The zero-order valence-electron chi connectivity index (χ0n) is 16.6. The molecule has 0 saturated carbocycles. The Bertz CT molecular complexity index is 396. The van der Waals surface area contributed by atoms with Crippen LogP contribution < -0.4 is 11.1 Å². The number of unbranched alkanes of at least 4 members (excludes halogenated alkanes) is 2. The average Bonchev–Trinajstić information content (AvgIpc) is 2.60. The molecule has 25 heavy (non-hydrogen) atoms. The molecule has 0 aromatic rings. The van der Waals surface area contributed by atoms with Crippen molar-refractivity contribution in [1.29, 1.82) is 0 Å². The summed E-state index contributed by atoms with van der Waals surface area (Å²) in [6.45, 7) is 9.10. The number of nitrogens with two attached hydrogens (primary N) is 1. The molecule has 0 saturated heterocycles. The first kappa shape index (κ1) is 23.6. The summed E-state index contributed by atoms with van der Waals surface area (Å²) in [6.07, 6.45) is 10.2. The average molecular weight is 355 g/mol. The molecule has 0 fully saturated rings. The van der Waals surface area contributed by atoms with Crippen LogP contribution in [-0.2, 0) is 14.3 Å². The van der Waals surface area contributed by atoms with E-state index in [1.54, 1.807) is 0 Å².